The van der Waals surface area contributed by atoms with Gasteiger partial charge < -0.3 is 0 Å². The highest BCUT2D eigenvalue weighted by atomic mass is 79.9. The van der Waals surface area contributed by atoms with E-state index in [1.54, 1.807) is 0 Å². The Hall–Kier alpha value is -1.43. The molecular weight excluding hydrogens is 248 g/mol. The summed E-state index contributed by atoms with van der Waals surface area (Å²) >= 11 is 3.33. The monoisotopic (exact) mass is 254 g/mol. The van der Waals surface area contributed by atoms with Gasteiger partial charge in [-0.3, -0.25) is 0 Å². The van der Waals surface area contributed by atoms with Crippen molar-refractivity contribution >= 4 is 15.9 Å². The van der Waals surface area contributed by atoms with Crippen LogP contribution < -0.4 is 5.69 Å². The molecule has 0 aliphatic heterocycles. The number of aromatic amines is 1. The van der Waals surface area contributed by atoms with Crippen LogP contribution in [0.1, 0.15) is 5.56 Å². The maximum Gasteiger partial charge on any atom is 0.365 e. The molecule has 1 N–H and O–H groups in total. The lowest BCUT2D eigenvalue weighted by molar-refractivity contribution is 0.775. The Morgan fingerprint density at radius 3 is 2.93 bits per heavy atom. The Bertz CT molecular complexity index is 516. The Kier molecular flexibility index (Phi) is 2.20. The highest BCUT2D eigenvalue weighted by Gasteiger charge is 2.06. The first-order valence-corrected chi connectivity index (χ1v) is 4.74. The fourth-order valence-electron chi connectivity index (χ4n) is 1.17. The standard InChI is InChI=1S/C8H7BrN4O/c1-5-2-3-6(9)4-7(5)13-8(14)10-11-12-13/h2-4H,1H3,(H,10,12,14). The number of halogens is 1. The SMILES string of the molecule is Cc1ccc(Br)cc1-n1nn[nH]c1=O. The summed E-state index contributed by atoms with van der Waals surface area (Å²) < 4.78 is 2.12. The van der Waals surface area contributed by atoms with Crippen molar-refractivity contribution in [3.63, 3.8) is 0 Å². The quantitative estimate of drug-likeness (QED) is 0.827. The molecule has 72 valence electrons. The van der Waals surface area contributed by atoms with Crippen LogP contribution >= 0.6 is 15.9 Å². The van der Waals surface area contributed by atoms with Crippen LogP contribution in [0.2, 0.25) is 0 Å². The Balaban J connectivity index is 2.68. The van der Waals surface area contributed by atoms with Gasteiger partial charge in [0.25, 0.3) is 0 Å². The zero-order valence-electron chi connectivity index (χ0n) is 7.36. The minimum atomic E-state index is -0.341. The van der Waals surface area contributed by atoms with Gasteiger partial charge in [-0.1, -0.05) is 22.0 Å². The molecule has 0 bridgehead atoms. The van der Waals surface area contributed by atoms with E-state index >= 15 is 0 Å². The maximum atomic E-state index is 11.3. The van der Waals surface area contributed by atoms with E-state index in [4.69, 9.17) is 0 Å². The highest BCUT2D eigenvalue weighted by Crippen LogP contribution is 2.17. The summed E-state index contributed by atoms with van der Waals surface area (Å²) in [6.45, 7) is 1.91. The predicted molar refractivity (Wildman–Crippen MR) is 54.4 cm³/mol. The van der Waals surface area contributed by atoms with Crippen molar-refractivity contribution in [2.24, 2.45) is 0 Å². The minimum Gasteiger partial charge on any atom is -0.244 e. The molecule has 6 heteroatoms. The zero-order valence-corrected chi connectivity index (χ0v) is 8.95. The fraction of sp³-hybridized carbons (Fsp3) is 0.125. The fourth-order valence-corrected chi connectivity index (χ4v) is 1.52. The topological polar surface area (TPSA) is 63.6 Å². The summed E-state index contributed by atoms with van der Waals surface area (Å²) in [4.78, 5) is 11.3. The summed E-state index contributed by atoms with van der Waals surface area (Å²) in [5, 5.41) is 9.34. The van der Waals surface area contributed by atoms with E-state index in [-0.39, 0.29) is 5.69 Å². The molecule has 1 heterocycles. The van der Waals surface area contributed by atoms with Crippen LogP contribution in [-0.2, 0) is 0 Å². The lowest BCUT2D eigenvalue weighted by Crippen LogP contribution is -2.16. The Labute approximate surface area is 87.9 Å². The second-order valence-electron chi connectivity index (χ2n) is 2.85. The van der Waals surface area contributed by atoms with E-state index in [0.717, 1.165) is 15.7 Å². The normalized spacial score (nSPS) is 10.4. The second-order valence-corrected chi connectivity index (χ2v) is 3.76. The Morgan fingerprint density at radius 2 is 2.29 bits per heavy atom. The van der Waals surface area contributed by atoms with Gasteiger partial charge in [0.15, 0.2) is 0 Å². The number of hydrogen-bond donors (Lipinski definition) is 1. The average molecular weight is 255 g/mol. The predicted octanol–water partition coefficient (Wildman–Crippen LogP) is 1.03. The van der Waals surface area contributed by atoms with Crippen molar-refractivity contribution in [1.82, 2.24) is 20.2 Å². The van der Waals surface area contributed by atoms with E-state index in [0.29, 0.717) is 0 Å². The smallest absolute Gasteiger partial charge is 0.244 e. The third-order valence-corrected chi connectivity index (χ3v) is 2.36. The van der Waals surface area contributed by atoms with Gasteiger partial charge in [-0.05, 0) is 35.0 Å². The first kappa shape index (κ1) is 9.14. The van der Waals surface area contributed by atoms with Crippen LogP contribution in [0, 0.1) is 6.92 Å². The highest BCUT2D eigenvalue weighted by molar-refractivity contribution is 9.10. The molecule has 14 heavy (non-hydrogen) atoms. The molecule has 1 aromatic heterocycles. The van der Waals surface area contributed by atoms with Crippen molar-refractivity contribution in [3.8, 4) is 5.69 Å². The van der Waals surface area contributed by atoms with Crippen molar-refractivity contribution in [1.29, 1.82) is 0 Å². The number of benzene rings is 1. The molecular formula is C8H7BrN4O. The number of hydrogen-bond acceptors (Lipinski definition) is 3. The zero-order chi connectivity index (χ0) is 10.1. The van der Waals surface area contributed by atoms with Crippen LogP contribution in [0.15, 0.2) is 27.5 Å². The van der Waals surface area contributed by atoms with Crippen molar-refractivity contribution in [2.45, 2.75) is 6.92 Å². The van der Waals surface area contributed by atoms with Gasteiger partial charge in [0.05, 0.1) is 5.69 Å². The van der Waals surface area contributed by atoms with Crippen molar-refractivity contribution in [3.05, 3.63) is 38.7 Å². The van der Waals surface area contributed by atoms with E-state index in [2.05, 4.69) is 31.5 Å². The summed E-state index contributed by atoms with van der Waals surface area (Å²) in [5.41, 5.74) is 1.34. The average Bonchev–Trinajstić information content (AvgIpc) is 2.56. The van der Waals surface area contributed by atoms with Gasteiger partial charge in [-0.25, -0.2) is 9.89 Å². The van der Waals surface area contributed by atoms with Gasteiger partial charge >= 0.3 is 5.69 Å². The number of tetrazole rings is 1. The third kappa shape index (κ3) is 1.48. The summed E-state index contributed by atoms with van der Waals surface area (Å²) in [5.74, 6) is 0. The minimum absolute atomic E-state index is 0.341. The molecule has 0 atom stereocenters. The number of H-pyrrole nitrogens is 1. The molecule has 2 rings (SSSR count). The summed E-state index contributed by atoms with van der Waals surface area (Å²) in [6, 6.07) is 5.63. The number of nitrogens with zero attached hydrogens (tertiary/aromatic N) is 3. The molecule has 1 aromatic carbocycles. The molecule has 5 nitrogen and oxygen atoms in total. The van der Waals surface area contributed by atoms with Crippen LogP contribution in [0.3, 0.4) is 0 Å². The van der Waals surface area contributed by atoms with Gasteiger partial charge in [-0.15, -0.1) is 0 Å². The molecule has 0 aliphatic carbocycles. The third-order valence-electron chi connectivity index (χ3n) is 1.87. The molecule has 0 spiro atoms. The van der Waals surface area contributed by atoms with Crippen molar-refractivity contribution < 1.29 is 0 Å². The molecule has 0 amide bonds. The van der Waals surface area contributed by atoms with Gasteiger partial charge in [0.2, 0.25) is 0 Å². The molecule has 0 aliphatic rings. The van der Waals surface area contributed by atoms with E-state index in [1.807, 2.05) is 25.1 Å². The largest absolute Gasteiger partial charge is 0.365 e. The van der Waals surface area contributed by atoms with E-state index < -0.39 is 0 Å². The van der Waals surface area contributed by atoms with Gasteiger partial charge in [-0.2, -0.15) is 4.68 Å². The number of aromatic nitrogens is 4. The van der Waals surface area contributed by atoms with Crippen LogP contribution in [0.4, 0.5) is 0 Å². The molecule has 0 saturated heterocycles. The molecule has 0 unspecified atom stereocenters. The van der Waals surface area contributed by atoms with Crippen LogP contribution in [0.25, 0.3) is 5.69 Å². The lowest BCUT2D eigenvalue weighted by atomic mass is 10.2. The number of rotatable bonds is 1. The van der Waals surface area contributed by atoms with Crippen molar-refractivity contribution in [2.75, 3.05) is 0 Å². The van der Waals surface area contributed by atoms with E-state index in [1.165, 1.54) is 4.68 Å². The number of nitrogens with one attached hydrogen (secondary N) is 1. The lowest BCUT2D eigenvalue weighted by Gasteiger charge is -2.03. The molecule has 0 saturated carbocycles. The molecule has 2 aromatic rings. The van der Waals surface area contributed by atoms with Crippen LogP contribution in [0.5, 0.6) is 0 Å². The Morgan fingerprint density at radius 1 is 1.50 bits per heavy atom. The molecule has 0 fully saturated rings. The summed E-state index contributed by atoms with van der Waals surface area (Å²) in [6.07, 6.45) is 0. The second kappa shape index (κ2) is 3.38. The van der Waals surface area contributed by atoms with Gasteiger partial charge in [0.1, 0.15) is 0 Å². The van der Waals surface area contributed by atoms with Gasteiger partial charge in [0, 0.05) is 4.47 Å². The van der Waals surface area contributed by atoms with E-state index in [9.17, 15) is 4.79 Å². The van der Waals surface area contributed by atoms with Crippen LogP contribution in [-0.4, -0.2) is 20.2 Å². The maximum absolute atomic E-state index is 11.3. The first-order valence-electron chi connectivity index (χ1n) is 3.95. The summed E-state index contributed by atoms with van der Waals surface area (Å²) in [7, 11) is 0. The first-order chi connectivity index (χ1) is 6.68. The number of aryl methyl sites for hydroxylation is 1. The molecule has 0 radical (unpaired) electrons.